The van der Waals surface area contributed by atoms with Crippen LogP contribution < -0.4 is 4.72 Å². The second kappa shape index (κ2) is 3.59. The molecule has 0 aliphatic rings. The largest absolute Gasteiger partial charge is 0.297 e. The summed E-state index contributed by atoms with van der Waals surface area (Å²) in [6.07, 6.45) is 1.46. The molecule has 0 aromatic carbocycles. The van der Waals surface area contributed by atoms with E-state index in [1.54, 1.807) is 6.07 Å². The quantitative estimate of drug-likeness (QED) is 0.653. The molecule has 1 rings (SSSR count). The Morgan fingerprint density at radius 2 is 2.45 bits per heavy atom. The van der Waals surface area contributed by atoms with E-state index in [9.17, 15) is 4.79 Å². The maximum atomic E-state index is 10.9. The number of rotatable bonds is 1. The van der Waals surface area contributed by atoms with Gasteiger partial charge in [0.2, 0.25) is 0 Å². The lowest BCUT2D eigenvalue weighted by Gasteiger charge is -1.96. The minimum atomic E-state index is -0.365. The Morgan fingerprint density at radius 1 is 1.73 bits per heavy atom. The smallest absolute Gasteiger partial charge is 0.279 e. The molecular formula is C6H5ClN2OS. The molecule has 5 heteroatoms. The Bertz CT molecular complexity index is 279. The number of halogens is 1. The third-order valence-electron chi connectivity index (χ3n) is 1.06. The van der Waals surface area contributed by atoms with Gasteiger partial charge in [0.05, 0.1) is 0 Å². The zero-order chi connectivity index (χ0) is 8.27. The highest BCUT2D eigenvalue weighted by Crippen LogP contribution is 2.07. The van der Waals surface area contributed by atoms with Crippen LogP contribution in [-0.4, -0.2) is 10.9 Å². The van der Waals surface area contributed by atoms with Crippen molar-refractivity contribution >= 4 is 30.3 Å². The van der Waals surface area contributed by atoms with Crippen LogP contribution in [0.5, 0.6) is 0 Å². The SMILES string of the molecule is O=C(NS)c1cc(Cl)ccn1. The molecule has 1 N–H and O–H groups in total. The van der Waals surface area contributed by atoms with Gasteiger partial charge < -0.3 is 0 Å². The van der Waals surface area contributed by atoms with Crippen molar-refractivity contribution < 1.29 is 4.79 Å². The number of hydrogen-bond acceptors (Lipinski definition) is 3. The highest BCUT2D eigenvalue weighted by atomic mass is 35.5. The van der Waals surface area contributed by atoms with Crippen molar-refractivity contribution in [1.82, 2.24) is 9.71 Å². The first kappa shape index (κ1) is 8.36. The van der Waals surface area contributed by atoms with Crippen molar-refractivity contribution in [2.24, 2.45) is 0 Å². The van der Waals surface area contributed by atoms with Gasteiger partial charge in [0, 0.05) is 11.2 Å². The average Bonchev–Trinajstić information content (AvgIpc) is 2.03. The van der Waals surface area contributed by atoms with Crippen molar-refractivity contribution in [3.8, 4) is 0 Å². The number of pyridine rings is 1. The summed E-state index contributed by atoms with van der Waals surface area (Å²) in [5.41, 5.74) is 0.257. The second-order valence-electron chi connectivity index (χ2n) is 1.80. The zero-order valence-electron chi connectivity index (χ0n) is 5.41. The van der Waals surface area contributed by atoms with E-state index in [0.717, 1.165) is 0 Å². The predicted molar refractivity (Wildman–Crippen MR) is 45.7 cm³/mol. The molecule has 11 heavy (non-hydrogen) atoms. The van der Waals surface area contributed by atoms with Crippen LogP contribution >= 0.6 is 24.4 Å². The molecule has 58 valence electrons. The third kappa shape index (κ3) is 2.10. The number of carbonyl (C=O) groups is 1. The summed E-state index contributed by atoms with van der Waals surface area (Å²) in [7, 11) is 0. The van der Waals surface area contributed by atoms with Crippen LogP contribution in [0.1, 0.15) is 10.5 Å². The zero-order valence-corrected chi connectivity index (χ0v) is 7.06. The summed E-state index contributed by atoms with van der Waals surface area (Å²) in [5, 5.41) is 0.479. The van der Waals surface area contributed by atoms with Crippen LogP contribution in [-0.2, 0) is 0 Å². The summed E-state index contributed by atoms with van der Waals surface area (Å²) in [4.78, 5) is 14.6. The molecule has 0 aliphatic heterocycles. The third-order valence-corrected chi connectivity index (χ3v) is 1.49. The van der Waals surface area contributed by atoms with E-state index in [2.05, 4.69) is 22.5 Å². The van der Waals surface area contributed by atoms with Gasteiger partial charge in [-0.25, -0.2) is 0 Å². The molecule has 0 saturated carbocycles. The van der Waals surface area contributed by atoms with Crippen LogP contribution in [0.15, 0.2) is 18.3 Å². The van der Waals surface area contributed by atoms with Crippen molar-refractivity contribution in [2.75, 3.05) is 0 Å². The van der Waals surface area contributed by atoms with Gasteiger partial charge in [-0.05, 0) is 12.1 Å². The molecule has 0 atom stereocenters. The minimum Gasteiger partial charge on any atom is -0.297 e. The Hall–Kier alpha value is -0.740. The summed E-state index contributed by atoms with van der Waals surface area (Å²) in [5.74, 6) is -0.365. The van der Waals surface area contributed by atoms with E-state index in [0.29, 0.717) is 5.02 Å². The van der Waals surface area contributed by atoms with Gasteiger partial charge in [0.15, 0.2) is 0 Å². The number of carbonyl (C=O) groups excluding carboxylic acids is 1. The lowest BCUT2D eigenvalue weighted by molar-refractivity contribution is 0.0980. The van der Waals surface area contributed by atoms with Crippen molar-refractivity contribution in [3.05, 3.63) is 29.0 Å². The highest BCUT2D eigenvalue weighted by molar-refractivity contribution is 7.78. The van der Waals surface area contributed by atoms with Gasteiger partial charge in [-0.1, -0.05) is 24.4 Å². The lowest BCUT2D eigenvalue weighted by Crippen LogP contribution is -2.13. The molecule has 0 radical (unpaired) electrons. The predicted octanol–water partition coefficient (Wildman–Crippen LogP) is 1.31. The Labute approximate surface area is 74.3 Å². The average molecular weight is 189 g/mol. The van der Waals surface area contributed by atoms with E-state index < -0.39 is 0 Å². The van der Waals surface area contributed by atoms with Crippen molar-refractivity contribution in [3.63, 3.8) is 0 Å². The second-order valence-corrected chi connectivity index (χ2v) is 2.46. The van der Waals surface area contributed by atoms with Gasteiger partial charge in [0.1, 0.15) is 5.69 Å². The molecular weight excluding hydrogens is 184 g/mol. The Balaban J connectivity index is 2.96. The molecule has 1 amide bonds. The van der Waals surface area contributed by atoms with Crippen molar-refractivity contribution in [2.45, 2.75) is 0 Å². The van der Waals surface area contributed by atoms with Gasteiger partial charge in [-0.3, -0.25) is 14.5 Å². The maximum Gasteiger partial charge on any atom is 0.279 e. The highest BCUT2D eigenvalue weighted by Gasteiger charge is 2.03. The van der Waals surface area contributed by atoms with Crippen LogP contribution in [0.25, 0.3) is 0 Å². The molecule has 1 aromatic heterocycles. The van der Waals surface area contributed by atoms with Crippen molar-refractivity contribution in [1.29, 1.82) is 0 Å². The molecule has 1 heterocycles. The number of thiol groups is 1. The number of nitrogens with zero attached hydrogens (tertiary/aromatic N) is 1. The fourth-order valence-electron chi connectivity index (χ4n) is 0.586. The molecule has 0 saturated heterocycles. The normalized spacial score (nSPS) is 9.27. The Kier molecular flexibility index (Phi) is 2.73. The Morgan fingerprint density at radius 3 is 3.00 bits per heavy atom. The van der Waals surface area contributed by atoms with Gasteiger partial charge in [0.25, 0.3) is 5.91 Å². The topological polar surface area (TPSA) is 42.0 Å². The lowest BCUT2D eigenvalue weighted by atomic mass is 10.3. The molecule has 0 bridgehead atoms. The monoisotopic (exact) mass is 188 g/mol. The number of nitrogens with one attached hydrogen (secondary N) is 1. The van der Waals surface area contributed by atoms with Crippen LogP contribution in [0.2, 0.25) is 5.02 Å². The van der Waals surface area contributed by atoms with Crippen LogP contribution in [0.3, 0.4) is 0 Å². The van der Waals surface area contributed by atoms with Gasteiger partial charge in [-0.15, -0.1) is 0 Å². The summed E-state index contributed by atoms with van der Waals surface area (Å²) in [6, 6.07) is 3.06. The summed E-state index contributed by atoms with van der Waals surface area (Å²) < 4.78 is 2.14. The molecule has 0 aliphatic carbocycles. The van der Waals surface area contributed by atoms with Crippen LogP contribution in [0.4, 0.5) is 0 Å². The number of amides is 1. The summed E-state index contributed by atoms with van der Waals surface area (Å²) >= 11 is 9.18. The number of hydrogen-bond donors (Lipinski definition) is 2. The van der Waals surface area contributed by atoms with Gasteiger partial charge in [-0.2, -0.15) is 0 Å². The molecule has 1 aromatic rings. The fourth-order valence-corrected chi connectivity index (χ4v) is 0.860. The van der Waals surface area contributed by atoms with E-state index in [4.69, 9.17) is 11.6 Å². The maximum absolute atomic E-state index is 10.9. The van der Waals surface area contributed by atoms with E-state index >= 15 is 0 Å². The van der Waals surface area contributed by atoms with Crippen LogP contribution in [0, 0.1) is 0 Å². The van der Waals surface area contributed by atoms with E-state index in [1.807, 2.05) is 0 Å². The molecule has 0 spiro atoms. The van der Waals surface area contributed by atoms with Gasteiger partial charge >= 0.3 is 0 Å². The van der Waals surface area contributed by atoms with E-state index in [-0.39, 0.29) is 11.6 Å². The molecule has 0 unspecified atom stereocenters. The van der Waals surface area contributed by atoms with E-state index in [1.165, 1.54) is 12.3 Å². The summed E-state index contributed by atoms with van der Waals surface area (Å²) in [6.45, 7) is 0. The number of aromatic nitrogens is 1. The fraction of sp³-hybridized carbons (Fsp3) is 0. The first-order chi connectivity index (χ1) is 5.24. The first-order valence-electron chi connectivity index (χ1n) is 2.80. The first-order valence-corrected chi connectivity index (χ1v) is 3.62. The molecule has 3 nitrogen and oxygen atoms in total. The molecule has 0 fully saturated rings. The standard InChI is InChI=1S/C6H5ClN2OS/c7-4-1-2-8-5(3-4)6(10)9-11/h1-3,11H,(H,9,10). The minimum absolute atomic E-state index is 0.257.